The van der Waals surface area contributed by atoms with Gasteiger partial charge in [0.1, 0.15) is 0 Å². The van der Waals surface area contributed by atoms with Gasteiger partial charge in [-0.1, -0.05) is 55.5 Å². The maximum Gasteiger partial charge on any atom is 0.0591 e. The summed E-state index contributed by atoms with van der Waals surface area (Å²) in [5, 5.41) is 3.86. The summed E-state index contributed by atoms with van der Waals surface area (Å²) >= 11 is 0. The van der Waals surface area contributed by atoms with Gasteiger partial charge in [-0.2, -0.15) is 0 Å². The van der Waals surface area contributed by atoms with Crippen molar-refractivity contribution in [2.24, 2.45) is 5.92 Å². The van der Waals surface area contributed by atoms with Gasteiger partial charge in [-0.25, -0.2) is 0 Å². The molecule has 0 atom stereocenters. The summed E-state index contributed by atoms with van der Waals surface area (Å²) in [6.45, 7) is 2.34. The molecule has 0 aliphatic heterocycles. The van der Waals surface area contributed by atoms with Crippen LogP contribution in [0.5, 0.6) is 0 Å². The molecule has 0 radical (unpaired) electrons. The predicted octanol–water partition coefficient (Wildman–Crippen LogP) is 4.14. The lowest BCUT2D eigenvalue weighted by Gasteiger charge is -2.36. The molecule has 0 amide bonds. The monoisotopic (exact) mass is 249 g/mol. The molecule has 2 aliphatic carbocycles. The molecule has 2 aromatic carbocycles. The Morgan fingerprint density at radius 2 is 1.37 bits per heavy atom. The van der Waals surface area contributed by atoms with Crippen molar-refractivity contribution < 1.29 is 0 Å². The van der Waals surface area contributed by atoms with Crippen LogP contribution in [-0.2, 0) is 0 Å². The molecule has 0 bridgehead atoms. The van der Waals surface area contributed by atoms with E-state index in [1.807, 2.05) is 0 Å². The van der Waals surface area contributed by atoms with Crippen LogP contribution in [0, 0.1) is 5.92 Å². The number of nitrogens with one attached hydrogen (secondary N) is 1. The van der Waals surface area contributed by atoms with Crippen LogP contribution in [0.15, 0.2) is 48.5 Å². The first kappa shape index (κ1) is 11.2. The number of hydrogen-bond donors (Lipinski definition) is 1. The molecule has 0 heterocycles. The zero-order chi connectivity index (χ0) is 12.8. The van der Waals surface area contributed by atoms with E-state index >= 15 is 0 Å². The van der Waals surface area contributed by atoms with Crippen molar-refractivity contribution in [2.45, 2.75) is 31.8 Å². The fraction of sp³-hybridized carbons (Fsp3) is 0.333. The van der Waals surface area contributed by atoms with E-state index in [0.717, 1.165) is 5.92 Å². The summed E-state index contributed by atoms with van der Waals surface area (Å²) in [4.78, 5) is 0. The third-order valence-corrected chi connectivity index (χ3v) is 4.61. The number of hydrogen-bond acceptors (Lipinski definition) is 1. The average molecular weight is 249 g/mol. The van der Waals surface area contributed by atoms with Crippen molar-refractivity contribution >= 4 is 0 Å². The van der Waals surface area contributed by atoms with Crippen LogP contribution in [0.25, 0.3) is 11.1 Å². The molecule has 0 aromatic heterocycles. The van der Waals surface area contributed by atoms with Crippen LogP contribution in [0.4, 0.5) is 0 Å². The highest BCUT2D eigenvalue weighted by Crippen LogP contribution is 2.44. The molecule has 1 fully saturated rings. The van der Waals surface area contributed by atoms with E-state index in [1.54, 1.807) is 0 Å². The first-order valence-corrected chi connectivity index (χ1v) is 7.27. The molecule has 1 N–H and O–H groups in total. The SMILES string of the molecule is CC1CC(NC2c3ccccc3-c3ccccc32)C1. The van der Waals surface area contributed by atoms with Gasteiger partial charge < -0.3 is 5.32 Å². The Balaban J connectivity index is 1.74. The van der Waals surface area contributed by atoms with Gasteiger partial charge in [-0.15, -0.1) is 0 Å². The second-order valence-corrected chi connectivity index (χ2v) is 6.05. The van der Waals surface area contributed by atoms with Gasteiger partial charge in [0.15, 0.2) is 0 Å². The minimum Gasteiger partial charge on any atom is -0.303 e. The van der Waals surface area contributed by atoms with E-state index in [0.29, 0.717) is 12.1 Å². The molecule has 0 unspecified atom stereocenters. The van der Waals surface area contributed by atoms with Crippen LogP contribution in [0.3, 0.4) is 0 Å². The van der Waals surface area contributed by atoms with Gasteiger partial charge in [0.2, 0.25) is 0 Å². The zero-order valence-corrected chi connectivity index (χ0v) is 11.3. The van der Waals surface area contributed by atoms with E-state index in [4.69, 9.17) is 0 Å². The van der Waals surface area contributed by atoms with Gasteiger partial charge >= 0.3 is 0 Å². The largest absolute Gasteiger partial charge is 0.303 e. The summed E-state index contributed by atoms with van der Waals surface area (Å²) in [6, 6.07) is 18.7. The molecule has 4 rings (SSSR count). The molecule has 1 nitrogen and oxygen atoms in total. The highest BCUT2D eigenvalue weighted by atomic mass is 15.0. The van der Waals surface area contributed by atoms with Gasteiger partial charge in [-0.3, -0.25) is 0 Å². The standard InChI is InChI=1S/C18H19N/c1-12-10-13(11-12)19-18-16-8-4-2-6-14(16)15-7-3-5-9-17(15)18/h2-9,12-13,18-19H,10-11H2,1H3. The van der Waals surface area contributed by atoms with E-state index < -0.39 is 0 Å². The minimum atomic E-state index is 0.393. The van der Waals surface area contributed by atoms with Crippen molar-refractivity contribution in [1.82, 2.24) is 5.32 Å². The summed E-state index contributed by atoms with van der Waals surface area (Å²) in [5.41, 5.74) is 5.71. The first-order valence-electron chi connectivity index (χ1n) is 7.27. The van der Waals surface area contributed by atoms with Gasteiger partial charge in [0.05, 0.1) is 6.04 Å². The molecule has 1 saturated carbocycles. The van der Waals surface area contributed by atoms with Crippen LogP contribution in [0.1, 0.15) is 36.9 Å². The lowest BCUT2D eigenvalue weighted by atomic mass is 9.81. The fourth-order valence-corrected chi connectivity index (χ4v) is 3.61. The Bertz CT molecular complexity index is 565. The Morgan fingerprint density at radius 3 is 1.89 bits per heavy atom. The van der Waals surface area contributed by atoms with Crippen LogP contribution < -0.4 is 5.32 Å². The van der Waals surface area contributed by atoms with Gasteiger partial charge in [0.25, 0.3) is 0 Å². The minimum absolute atomic E-state index is 0.393. The number of fused-ring (bicyclic) bond motifs is 3. The Labute approximate surface area is 114 Å². The van der Waals surface area contributed by atoms with Gasteiger partial charge in [-0.05, 0) is 41.0 Å². The summed E-state index contributed by atoms with van der Waals surface area (Å²) in [6.07, 6.45) is 2.64. The molecule has 2 aliphatic rings. The number of rotatable bonds is 2. The molecule has 96 valence electrons. The molecule has 1 heteroatoms. The van der Waals surface area contributed by atoms with Crippen LogP contribution >= 0.6 is 0 Å². The van der Waals surface area contributed by atoms with Crippen LogP contribution in [-0.4, -0.2) is 6.04 Å². The summed E-state index contributed by atoms with van der Waals surface area (Å²) in [5.74, 6) is 0.893. The molecular formula is C18H19N. The highest BCUT2D eigenvalue weighted by molar-refractivity contribution is 5.78. The molecule has 2 aromatic rings. The zero-order valence-electron chi connectivity index (χ0n) is 11.3. The lowest BCUT2D eigenvalue weighted by Crippen LogP contribution is -2.41. The second kappa shape index (κ2) is 4.21. The van der Waals surface area contributed by atoms with E-state index in [-0.39, 0.29) is 0 Å². The quantitative estimate of drug-likeness (QED) is 0.843. The lowest BCUT2D eigenvalue weighted by molar-refractivity contribution is 0.231. The third kappa shape index (κ3) is 1.73. The maximum absolute atomic E-state index is 3.86. The van der Waals surface area contributed by atoms with Crippen molar-refractivity contribution in [3.8, 4) is 11.1 Å². The Morgan fingerprint density at radius 1 is 0.842 bits per heavy atom. The van der Waals surface area contributed by atoms with Crippen molar-refractivity contribution in [3.05, 3.63) is 59.7 Å². The predicted molar refractivity (Wildman–Crippen MR) is 79.0 cm³/mol. The van der Waals surface area contributed by atoms with Crippen LogP contribution in [0.2, 0.25) is 0 Å². The van der Waals surface area contributed by atoms with Crippen molar-refractivity contribution in [3.63, 3.8) is 0 Å². The normalized spacial score (nSPS) is 24.7. The van der Waals surface area contributed by atoms with E-state index in [9.17, 15) is 0 Å². The van der Waals surface area contributed by atoms with Gasteiger partial charge in [0, 0.05) is 6.04 Å². The highest BCUT2D eigenvalue weighted by Gasteiger charge is 2.33. The summed E-state index contributed by atoms with van der Waals surface area (Å²) < 4.78 is 0. The van der Waals surface area contributed by atoms with Crippen molar-refractivity contribution in [1.29, 1.82) is 0 Å². The molecule has 19 heavy (non-hydrogen) atoms. The second-order valence-electron chi connectivity index (χ2n) is 6.05. The Kier molecular flexibility index (Phi) is 2.49. The average Bonchev–Trinajstić information content (AvgIpc) is 2.73. The molecule has 0 saturated heterocycles. The smallest absolute Gasteiger partial charge is 0.0591 e. The molecular weight excluding hydrogens is 230 g/mol. The Hall–Kier alpha value is -1.60. The topological polar surface area (TPSA) is 12.0 Å². The maximum atomic E-state index is 3.86. The molecule has 0 spiro atoms. The van der Waals surface area contributed by atoms with E-state index in [1.165, 1.54) is 35.1 Å². The first-order chi connectivity index (χ1) is 9.33. The number of benzene rings is 2. The fourth-order valence-electron chi connectivity index (χ4n) is 3.61. The van der Waals surface area contributed by atoms with E-state index in [2.05, 4.69) is 60.8 Å². The third-order valence-electron chi connectivity index (χ3n) is 4.61. The summed E-state index contributed by atoms with van der Waals surface area (Å²) in [7, 11) is 0. The van der Waals surface area contributed by atoms with Crippen molar-refractivity contribution in [2.75, 3.05) is 0 Å².